The summed E-state index contributed by atoms with van der Waals surface area (Å²) in [6.07, 6.45) is 1.68. The summed E-state index contributed by atoms with van der Waals surface area (Å²) in [6, 6.07) is 1.86. The Morgan fingerprint density at radius 1 is 1.46 bits per heavy atom. The van der Waals surface area contributed by atoms with E-state index < -0.39 is 0 Å². The molecule has 0 bridgehead atoms. The van der Waals surface area contributed by atoms with Gasteiger partial charge in [-0.2, -0.15) is 10.1 Å². The molecule has 5 N–H and O–H groups in total. The summed E-state index contributed by atoms with van der Waals surface area (Å²) in [5.74, 6) is 0.777. The molecule has 0 fully saturated rings. The molecule has 0 spiro atoms. The van der Waals surface area contributed by atoms with Crippen LogP contribution in [0.4, 0.5) is 11.9 Å². The van der Waals surface area contributed by atoms with E-state index in [2.05, 4.69) is 30.7 Å². The van der Waals surface area contributed by atoms with Crippen molar-refractivity contribution in [3.8, 4) is 0 Å². The smallest absolute Gasteiger partial charge is 0.243 e. The van der Waals surface area contributed by atoms with Gasteiger partial charge in [-0.15, -0.1) is 5.10 Å². The molecule has 0 aromatic carbocycles. The van der Waals surface area contributed by atoms with Crippen LogP contribution in [0.5, 0.6) is 0 Å². The number of nitrogens with one attached hydrogen (secondary N) is 3. The number of hydrogen-bond acceptors (Lipinski definition) is 5. The van der Waals surface area contributed by atoms with E-state index in [9.17, 15) is 0 Å². The summed E-state index contributed by atoms with van der Waals surface area (Å²) in [5, 5.41) is 15.9. The highest BCUT2D eigenvalue weighted by Crippen LogP contribution is 2.01. The number of H-pyrrole nitrogens is 2. The second-order valence-corrected chi connectivity index (χ2v) is 2.48. The molecule has 0 amide bonds. The molecule has 0 aliphatic carbocycles. The number of nitrogens with two attached hydrogens (primary N) is 1. The van der Waals surface area contributed by atoms with Crippen molar-refractivity contribution in [3.05, 3.63) is 18.0 Å². The van der Waals surface area contributed by atoms with Crippen LogP contribution < -0.4 is 11.1 Å². The Morgan fingerprint density at radius 3 is 3.00 bits per heavy atom. The maximum Gasteiger partial charge on any atom is 0.243 e. The molecule has 0 aliphatic rings. The van der Waals surface area contributed by atoms with Gasteiger partial charge in [0.25, 0.3) is 0 Å². The van der Waals surface area contributed by atoms with Gasteiger partial charge >= 0.3 is 0 Å². The molecule has 0 unspecified atom stereocenters. The monoisotopic (exact) mass is 179 g/mol. The van der Waals surface area contributed by atoms with E-state index in [1.807, 2.05) is 6.07 Å². The van der Waals surface area contributed by atoms with Crippen LogP contribution in [0.15, 0.2) is 12.3 Å². The molecule has 0 atom stereocenters. The third-order valence-corrected chi connectivity index (χ3v) is 1.50. The number of aromatic amines is 2. The lowest BCUT2D eigenvalue weighted by Crippen LogP contribution is -2.01. The zero-order valence-electron chi connectivity index (χ0n) is 6.78. The Kier molecular flexibility index (Phi) is 1.83. The van der Waals surface area contributed by atoms with Crippen molar-refractivity contribution in [1.29, 1.82) is 0 Å². The standard InChI is InChI=1S/C6H9N7/c7-5-10-6(13-12-5)8-3-4-1-2-9-11-4/h1-2H,3H2,(H,9,11)(H4,7,8,10,12,13). The zero-order chi connectivity index (χ0) is 9.10. The highest BCUT2D eigenvalue weighted by atomic mass is 15.3. The first-order valence-electron chi connectivity index (χ1n) is 3.74. The van der Waals surface area contributed by atoms with E-state index >= 15 is 0 Å². The second-order valence-electron chi connectivity index (χ2n) is 2.48. The van der Waals surface area contributed by atoms with E-state index in [1.165, 1.54) is 0 Å². The van der Waals surface area contributed by atoms with E-state index in [0.717, 1.165) is 5.69 Å². The van der Waals surface area contributed by atoms with E-state index in [0.29, 0.717) is 18.4 Å². The van der Waals surface area contributed by atoms with Gasteiger partial charge in [0.1, 0.15) is 0 Å². The number of anilines is 2. The summed E-state index contributed by atoms with van der Waals surface area (Å²) >= 11 is 0. The molecule has 0 saturated carbocycles. The minimum atomic E-state index is 0.298. The van der Waals surface area contributed by atoms with Gasteiger partial charge in [-0.25, -0.2) is 5.10 Å². The highest BCUT2D eigenvalue weighted by molar-refractivity contribution is 5.30. The largest absolute Gasteiger partial charge is 0.368 e. The molecule has 0 aliphatic heterocycles. The third kappa shape index (κ3) is 1.75. The molecule has 68 valence electrons. The molecule has 7 nitrogen and oxygen atoms in total. The lowest BCUT2D eigenvalue weighted by Gasteiger charge is -1.96. The van der Waals surface area contributed by atoms with Gasteiger partial charge in [0.05, 0.1) is 12.2 Å². The Bertz CT molecular complexity index is 362. The first-order chi connectivity index (χ1) is 6.34. The van der Waals surface area contributed by atoms with Crippen LogP contribution in [0.25, 0.3) is 0 Å². The Morgan fingerprint density at radius 2 is 2.38 bits per heavy atom. The van der Waals surface area contributed by atoms with Gasteiger partial charge in [0.15, 0.2) is 0 Å². The molecule has 0 saturated heterocycles. The SMILES string of the molecule is Nc1nc(NCc2ccn[nH]2)n[nH]1. The van der Waals surface area contributed by atoms with Gasteiger partial charge in [-0.1, -0.05) is 0 Å². The summed E-state index contributed by atoms with van der Waals surface area (Å²) < 4.78 is 0. The minimum Gasteiger partial charge on any atom is -0.368 e. The molecule has 2 aromatic rings. The summed E-state index contributed by atoms with van der Waals surface area (Å²) in [5.41, 5.74) is 6.30. The summed E-state index contributed by atoms with van der Waals surface area (Å²) in [4.78, 5) is 3.88. The maximum absolute atomic E-state index is 5.34. The highest BCUT2D eigenvalue weighted by Gasteiger charge is 1.99. The molecular formula is C6H9N7. The van der Waals surface area contributed by atoms with Crippen molar-refractivity contribution < 1.29 is 0 Å². The van der Waals surface area contributed by atoms with Crippen molar-refractivity contribution in [2.24, 2.45) is 0 Å². The van der Waals surface area contributed by atoms with Crippen molar-refractivity contribution >= 4 is 11.9 Å². The topological polar surface area (TPSA) is 108 Å². The lowest BCUT2D eigenvalue weighted by molar-refractivity contribution is 0.962. The number of aromatic nitrogens is 5. The van der Waals surface area contributed by atoms with Crippen LogP contribution >= 0.6 is 0 Å². The molecule has 13 heavy (non-hydrogen) atoms. The van der Waals surface area contributed by atoms with Crippen LogP contribution in [0, 0.1) is 0 Å². The predicted octanol–water partition coefficient (Wildman–Crippen LogP) is -0.278. The average molecular weight is 179 g/mol. The predicted molar refractivity (Wildman–Crippen MR) is 46.7 cm³/mol. The van der Waals surface area contributed by atoms with Crippen molar-refractivity contribution in [2.75, 3.05) is 11.1 Å². The van der Waals surface area contributed by atoms with Crippen molar-refractivity contribution in [3.63, 3.8) is 0 Å². The fraction of sp³-hybridized carbons (Fsp3) is 0.167. The molecule has 7 heteroatoms. The number of nitrogens with zero attached hydrogens (tertiary/aromatic N) is 3. The Balaban J connectivity index is 1.93. The molecule has 2 rings (SSSR count). The van der Waals surface area contributed by atoms with Gasteiger partial charge < -0.3 is 11.1 Å². The molecule has 0 radical (unpaired) electrons. The van der Waals surface area contributed by atoms with Crippen molar-refractivity contribution in [1.82, 2.24) is 25.4 Å². The van der Waals surface area contributed by atoms with Gasteiger partial charge in [-0.3, -0.25) is 5.10 Å². The molecule has 2 aromatic heterocycles. The van der Waals surface area contributed by atoms with Crippen LogP contribution in [0.3, 0.4) is 0 Å². The first kappa shape index (κ1) is 7.59. The van der Waals surface area contributed by atoms with Crippen LogP contribution in [-0.2, 0) is 6.54 Å². The van der Waals surface area contributed by atoms with Crippen LogP contribution in [0.2, 0.25) is 0 Å². The van der Waals surface area contributed by atoms with Crippen LogP contribution in [-0.4, -0.2) is 25.4 Å². The molecular weight excluding hydrogens is 170 g/mol. The summed E-state index contributed by atoms with van der Waals surface area (Å²) in [7, 11) is 0. The van der Waals surface area contributed by atoms with Crippen molar-refractivity contribution in [2.45, 2.75) is 6.54 Å². The average Bonchev–Trinajstić information content (AvgIpc) is 2.71. The first-order valence-corrected chi connectivity index (χ1v) is 3.74. The van der Waals surface area contributed by atoms with Gasteiger partial charge in [0.2, 0.25) is 11.9 Å². The fourth-order valence-electron chi connectivity index (χ4n) is 0.911. The van der Waals surface area contributed by atoms with E-state index in [1.54, 1.807) is 6.20 Å². The Labute approximate surface area is 73.8 Å². The Hall–Kier alpha value is -2.05. The van der Waals surface area contributed by atoms with E-state index in [-0.39, 0.29) is 0 Å². The van der Waals surface area contributed by atoms with E-state index in [4.69, 9.17) is 5.73 Å². The van der Waals surface area contributed by atoms with Crippen LogP contribution in [0.1, 0.15) is 5.69 Å². The second kappa shape index (κ2) is 3.13. The number of nitrogen functional groups attached to an aromatic ring is 1. The zero-order valence-corrected chi connectivity index (χ0v) is 6.78. The minimum absolute atomic E-state index is 0.298. The number of hydrogen-bond donors (Lipinski definition) is 4. The number of rotatable bonds is 3. The normalized spacial score (nSPS) is 10.2. The molecule has 2 heterocycles. The maximum atomic E-state index is 5.34. The quantitative estimate of drug-likeness (QED) is 0.518. The fourth-order valence-corrected chi connectivity index (χ4v) is 0.911. The van der Waals surface area contributed by atoms with Gasteiger partial charge in [-0.05, 0) is 6.07 Å². The van der Waals surface area contributed by atoms with Gasteiger partial charge in [0, 0.05) is 6.20 Å². The third-order valence-electron chi connectivity index (χ3n) is 1.50. The summed E-state index contributed by atoms with van der Waals surface area (Å²) in [6.45, 7) is 0.595. The lowest BCUT2D eigenvalue weighted by atomic mass is 10.4.